The molecule has 1 fully saturated rings. The molecule has 2 N–H and O–H groups in total. The first-order valence-corrected chi connectivity index (χ1v) is 5.76. The highest BCUT2D eigenvalue weighted by Gasteiger charge is 2.22. The van der Waals surface area contributed by atoms with Gasteiger partial charge in [-0.25, -0.2) is 0 Å². The van der Waals surface area contributed by atoms with Crippen LogP contribution in [-0.2, 0) is 6.54 Å². The van der Waals surface area contributed by atoms with Crippen molar-refractivity contribution in [2.45, 2.75) is 38.3 Å². The lowest BCUT2D eigenvalue weighted by molar-refractivity contribution is 0.0695. The molecule has 3 heteroatoms. The highest BCUT2D eigenvalue weighted by atomic mass is 16.3. The molecule has 1 saturated carbocycles. The van der Waals surface area contributed by atoms with Gasteiger partial charge in [0.2, 0.25) is 0 Å². The van der Waals surface area contributed by atoms with Crippen LogP contribution in [-0.4, -0.2) is 17.8 Å². The molecule has 1 aliphatic carbocycles. The second-order valence-electron chi connectivity index (χ2n) is 4.37. The van der Waals surface area contributed by atoms with Crippen molar-refractivity contribution in [1.82, 2.24) is 5.32 Å². The van der Waals surface area contributed by atoms with Gasteiger partial charge in [-0.2, -0.15) is 0 Å². The topological polar surface area (TPSA) is 45.4 Å². The molecule has 0 spiro atoms. The van der Waals surface area contributed by atoms with Gasteiger partial charge in [0.25, 0.3) is 0 Å². The van der Waals surface area contributed by atoms with Crippen LogP contribution in [0.4, 0.5) is 0 Å². The molecule has 0 saturated heterocycles. The van der Waals surface area contributed by atoms with Gasteiger partial charge in [-0.1, -0.05) is 12.8 Å². The number of aliphatic hydroxyl groups is 1. The predicted molar refractivity (Wildman–Crippen MR) is 58.4 cm³/mol. The Labute approximate surface area is 90.5 Å². The van der Waals surface area contributed by atoms with E-state index in [1.165, 1.54) is 18.4 Å². The van der Waals surface area contributed by atoms with E-state index in [0.29, 0.717) is 5.92 Å². The predicted octanol–water partition coefficient (Wildman–Crippen LogP) is 1.92. The first kappa shape index (κ1) is 10.7. The summed E-state index contributed by atoms with van der Waals surface area (Å²) in [6.45, 7) is 1.74. The van der Waals surface area contributed by atoms with E-state index in [1.54, 1.807) is 12.5 Å². The second kappa shape index (κ2) is 5.33. The van der Waals surface area contributed by atoms with Gasteiger partial charge < -0.3 is 14.8 Å². The van der Waals surface area contributed by atoms with Gasteiger partial charge in [-0.15, -0.1) is 0 Å². The lowest BCUT2D eigenvalue weighted by atomic mass is 9.86. The van der Waals surface area contributed by atoms with Crippen LogP contribution in [0.25, 0.3) is 0 Å². The minimum absolute atomic E-state index is 0.101. The highest BCUT2D eigenvalue weighted by Crippen LogP contribution is 2.23. The first-order chi connectivity index (χ1) is 7.36. The van der Waals surface area contributed by atoms with E-state index in [4.69, 9.17) is 4.42 Å². The maximum absolute atomic E-state index is 9.77. The van der Waals surface area contributed by atoms with E-state index in [9.17, 15) is 5.11 Å². The van der Waals surface area contributed by atoms with Gasteiger partial charge in [-0.05, 0) is 24.8 Å². The van der Waals surface area contributed by atoms with Crippen LogP contribution in [0.3, 0.4) is 0 Å². The average Bonchev–Trinajstić information content (AvgIpc) is 2.74. The molecular weight excluding hydrogens is 190 g/mol. The van der Waals surface area contributed by atoms with Crippen molar-refractivity contribution in [2.24, 2.45) is 5.92 Å². The van der Waals surface area contributed by atoms with Crippen LogP contribution in [0.5, 0.6) is 0 Å². The summed E-state index contributed by atoms with van der Waals surface area (Å²) >= 11 is 0. The molecule has 0 radical (unpaired) electrons. The summed E-state index contributed by atoms with van der Waals surface area (Å²) < 4.78 is 4.99. The average molecular weight is 209 g/mol. The van der Waals surface area contributed by atoms with Crippen LogP contribution < -0.4 is 5.32 Å². The second-order valence-corrected chi connectivity index (χ2v) is 4.37. The molecule has 2 unspecified atom stereocenters. The van der Waals surface area contributed by atoms with Gasteiger partial charge in [0.1, 0.15) is 0 Å². The van der Waals surface area contributed by atoms with Crippen LogP contribution in [0.15, 0.2) is 23.0 Å². The van der Waals surface area contributed by atoms with E-state index in [1.807, 2.05) is 6.07 Å². The molecule has 15 heavy (non-hydrogen) atoms. The summed E-state index contributed by atoms with van der Waals surface area (Å²) in [6, 6.07) is 1.96. The molecule has 84 valence electrons. The summed E-state index contributed by atoms with van der Waals surface area (Å²) in [7, 11) is 0. The molecule has 1 aromatic rings. The SMILES string of the molecule is OC1CCCCC1CNCc1ccoc1. The Morgan fingerprint density at radius 2 is 2.27 bits per heavy atom. The molecule has 1 heterocycles. The maximum Gasteiger partial charge on any atom is 0.0947 e. The number of aliphatic hydroxyl groups excluding tert-OH is 1. The van der Waals surface area contributed by atoms with Crippen LogP contribution in [0, 0.1) is 5.92 Å². The largest absolute Gasteiger partial charge is 0.472 e. The molecule has 2 atom stereocenters. The normalized spacial score (nSPS) is 26.7. The smallest absolute Gasteiger partial charge is 0.0947 e. The Kier molecular flexibility index (Phi) is 3.80. The lowest BCUT2D eigenvalue weighted by Crippen LogP contribution is -2.33. The van der Waals surface area contributed by atoms with Crippen LogP contribution >= 0.6 is 0 Å². The van der Waals surface area contributed by atoms with E-state index in [0.717, 1.165) is 25.9 Å². The lowest BCUT2D eigenvalue weighted by Gasteiger charge is -2.27. The van der Waals surface area contributed by atoms with E-state index in [2.05, 4.69) is 5.32 Å². The maximum atomic E-state index is 9.77. The van der Waals surface area contributed by atoms with Crippen molar-refractivity contribution in [3.63, 3.8) is 0 Å². The van der Waals surface area contributed by atoms with Gasteiger partial charge in [0.05, 0.1) is 18.6 Å². The van der Waals surface area contributed by atoms with Gasteiger partial charge >= 0.3 is 0 Å². The van der Waals surface area contributed by atoms with Gasteiger partial charge in [-0.3, -0.25) is 0 Å². The minimum Gasteiger partial charge on any atom is -0.472 e. The molecule has 2 rings (SSSR count). The summed E-state index contributed by atoms with van der Waals surface area (Å²) in [6.07, 6.45) is 7.90. The van der Waals surface area contributed by atoms with Gasteiger partial charge in [0, 0.05) is 18.7 Å². The minimum atomic E-state index is -0.101. The van der Waals surface area contributed by atoms with E-state index >= 15 is 0 Å². The standard InChI is InChI=1S/C12H19NO2/c14-12-4-2-1-3-11(12)8-13-7-10-5-6-15-9-10/h5-6,9,11-14H,1-4,7-8H2. The Balaban J connectivity index is 1.68. The third-order valence-electron chi connectivity index (χ3n) is 3.18. The fraction of sp³-hybridized carbons (Fsp3) is 0.667. The number of hydrogen-bond donors (Lipinski definition) is 2. The Hall–Kier alpha value is -0.800. The molecule has 0 bridgehead atoms. The zero-order valence-corrected chi connectivity index (χ0v) is 8.98. The number of rotatable bonds is 4. The fourth-order valence-corrected chi connectivity index (χ4v) is 2.22. The molecule has 0 aromatic carbocycles. The van der Waals surface area contributed by atoms with Crippen molar-refractivity contribution in [1.29, 1.82) is 0 Å². The summed E-state index contributed by atoms with van der Waals surface area (Å²) in [5, 5.41) is 13.1. The zero-order chi connectivity index (χ0) is 10.5. The molecular formula is C12H19NO2. The summed E-state index contributed by atoms with van der Waals surface area (Å²) in [4.78, 5) is 0. The third kappa shape index (κ3) is 3.08. The van der Waals surface area contributed by atoms with Crippen molar-refractivity contribution in [3.05, 3.63) is 24.2 Å². The van der Waals surface area contributed by atoms with Crippen molar-refractivity contribution in [2.75, 3.05) is 6.54 Å². The Morgan fingerprint density at radius 3 is 3.00 bits per heavy atom. The summed E-state index contributed by atoms with van der Waals surface area (Å²) in [5.41, 5.74) is 1.17. The monoisotopic (exact) mass is 209 g/mol. The van der Waals surface area contributed by atoms with Crippen molar-refractivity contribution >= 4 is 0 Å². The molecule has 1 aliphatic rings. The molecule has 0 aliphatic heterocycles. The molecule has 0 amide bonds. The Bertz CT molecular complexity index is 271. The van der Waals surface area contributed by atoms with Crippen molar-refractivity contribution < 1.29 is 9.52 Å². The summed E-state index contributed by atoms with van der Waals surface area (Å²) in [5.74, 6) is 0.436. The number of hydrogen-bond acceptors (Lipinski definition) is 3. The quantitative estimate of drug-likeness (QED) is 0.796. The van der Waals surface area contributed by atoms with E-state index < -0.39 is 0 Å². The Morgan fingerprint density at radius 1 is 1.40 bits per heavy atom. The van der Waals surface area contributed by atoms with Crippen LogP contribution in [0.2, 0.25) is 0 Å². The fourth-order valence-electron chi connectivity index (χ4n) is 2.22. The number of furan rings is 1. The van der Waals surface area contributed by atoms with Gasteiger partial charge in [0.15, 0.2) is 0 Å². The van der Waals surface area contributed by atoms with Crippen molar-refractivity contribution in [3.8, 4) is 0 Å². The van der Waals surface area contributed by atoms with Crippen LogP contribution in [0.1, 0.15) is 31.2 Å². The number of nitrogens with one attached hydrogen (secondary N) is 1. The van der Waals surface area contributed by atoms with E-state index in [-0.39, 0.29) is 6.10 Å². The molecule has 3 nitrogen and oxygen atoms in total. The molecule has 1 aromatic heterocycles. The third-order valence-corrected chi connectivity index (χ3v) is 3.18. The zero-order valence-electron chi connectivity index (χ0n) is 8.98. The first-order valence-electron chi connectivity index (χ1n) is 5.76. The highest BCUT2D eigenvalue weighted by molar-refractivity contribution is 5.04.